The smallest absolute Gasteiger partial charge is 0.168 e. The maximum absolute atomic E-state index is 5.55. The molecule has 12 heavy (non-hydrogen) atoms. The average molecular weight is 182 g/mol. The zero-order valence-electron chi connectivity index (χ0n) is 6.37. The first kappa shape index (κ1) is 8.61. The standard InChI is InChI=1S/C7H10N4S/c8-5-2-1-4(3-6(5)9)11-7(10)12/h1-3H,8-9H2,(H3,10,11,12). The van der Waals surface area contributed by atoms with E-state index in [2.05, 4.69) is 17.5 Å². The number of anilines is 3. The van der Waals surface area contributed by atoms with E-state index in [1.54, 1.807) is 18.2 Å². The van der Waals surface area contributed by atoms with Crippen molar-refractivity contribution < 1.29 is 0 Å². The third kappa shape index (κ3) is 2.00. The lowest BCUT2D eigenvalue weighted by molar-refractivity contribution is 1.60. The van der Waals surface area contributed by atoms with E-state index in [0.717, 1.165) is 5.69 Å². The Morgan fingerprint density at radius 1 is 1.25 bits per heavy atom. The molecule has 1 rings (SSSR count). The van der Waals surface area contributed by atoms with Crippen molar-refractivity contribution in [2.24, 2.45) is 5.73 Å². The fourth-order valence-electron chi connectivity index (χ4n) is 0.795. The maximum atomic E-state index is 5.55. The molecule has 0 atom stereocenters. The van der Waals surface area contributed by atoms with Crippen LogP contribution < -0.4 is 22.5 Å². The molecule has 0 spiro atoms. The average Bonchev–Trinajstić information content (AvgIpc) is 1.96. The summed E-state index contributed by atoms with van der Waals surface area (Å²) in [6.45, 7) is 0. The van der Waals surface area contributed by atoms with E-state index in [9.17, 15) is 0 Å². The van der Waals surface area contributed by atoms with Gasteiger partial charge in [0, 0.05) is 5.69 Å². The zero-order valence-corrected chi connectivity index (χ0v) is 7.19. The van der Waals surface area contributed by atoms with Gasteiger partial charge in [-0.3, -0.25) is 0 Å². The van der Waals surface area contributed by atoms with Gasteiger partial charge >= 0.3 is 0 Å². The van der Waals surface area contributed by atoms with Crippen molar-refractivity contribution in [1.29, 1.82) is 0 Å². The van der Waals surface area contributed by atoms with Crippen LogP contribution in [0.5, 0.6) is 0 Å². The Morgan fingerprint density at radius 2 is 1.92 bits per heavy atom. The number of nitrogens with two attached hydrogens (primary N) is 3. The molecule has 0 bridgehead atoms. The van der Waals surface area contributed by atoms with Gasteiger partial charge in [0.05, 0.1) is 11.4 Å². The van der Waals surface area contributed by atoms with Gasteiger partial charge in [-0.1, -0.05) is 0 Å². The number of thiocarbonyl (C=S) groups is 1. The van der Waals surface area contributed by atoms with Gasteiger partial charge in [0.15, 0.2) is 5.11 Å². The predicted octanol–water partition coefficient (Wildman–Crippen LogP) is 0.506. The molecule has 1 aromatic carbocycles. The first-order chi connectivity index (χ1) is 5.59. The highest BCUT2D eigenvalue weighted by Crippen LogP contribution is 2.19. The Kier molecular flexibility index (Phi) is 2.35. The van der Waals surface area contributed by atoms with E-state index < -0.39 is 0 Å². The van der Waals surface area contributed by atoms with E-state index in [1.165, 1.54) is 0 Å². The van der Waals surface area contributed by atoms with Crippen LogP contribution in [-0.4, -0.2) is 5.11 Å². The monoisotopic (exact) mass is 182 g/mol. The van der Waals surface area contributed by atoms with Crippen LogP contribution in [0.4, 0.5) is 17.1 Å². The summed E-state index contributed by atoms with van der Waals surface area (Å²) in [6, 6.07) is 5.12. The Morgan fingerprint density at radius 3 is 2.42 bits per heavy atom. The third-order valence-electron chi connectivity index (χ3n) is 1.35. The lowest BCUT2D eigenvalue weighted by atomic mass is 10.2. The number of hydrogen-bond donors (Lipinski definition) is 4. The normalized spacial score (nSPS) is 9.33. The van der Waals surface area contributed by atoms with Gasteiger partial charge in [-0.2, -0.15) is 0 Å². The first-order valence-corrected chi connectivity index (χ1v) is 3.72. The molecule has 0 aliphatic rings. The van der Waals surface area contributed by atoms with Gasteiger partial charge in [0.2, 0.25) is 0 Å². The quantitative estimate of drug-likeness (QED) is 0.375. The van der Waals surface area contributed by atoms with Crippen LogP contribution in [0.15, 0.2) is 18.2 Å². The lowest BCUT2D eigenvalue weighted by Gasteiger charge is -2.05. The van der Waals surface area contributed by atoms with Crippen LogP contribution in [0, 0.1) is 0 Å². The van der Waals surface area contributed by atoms with Gasteiger partial charge in [-0.15, -0.1) is 0 Å². The first-order valence-electron chi connectivity index (χ1n) is 3.31. The Bertz CT molecular complexity index is 310. The number of hydrogen-bond acceptors (Lipinski definition) is 3. The van der Waals surface area contributed by atoms with Crippen molar-refractivity contribution in [2.75, 3.05) is 16.8 Å². The summed E-state index contributed by atoms with van der Waals surface area (Å²) in [7, 11) is 0. The van der Waals surface area contributed by atoms with Gasteiger partial charge < -0.3 is 22.5 Å². The summed E-state index contributed by atoms with van der Waals surface area (Å²) in [5.74, 6) is 0. The molecule has 64 valence electrons. The van der Waals surface area contributed by atoms with Crippen LogP contribution in [0.25, 0.3) is 0 Å². The SMILES string of the molecule is NC(=S)Nc1ccc(N)c(N)c1. The third-order valence-corrected chi connectivity index (χ3v) is 1.46. The number of nitrogen functional groups attached to an aromatic ring is 2. The van der Waals surface area contributed by atoms with E-state index in [-0.39, 0.29) is 5.11 Å². The van der Waals surface area contributed by atoms with Crippen LogP contribution >= 0.6 is 12.2 Å². The second-order valence-electron chi connectivity index (χ2n) is 2.33. The topological polar surface area (TPSA) is 90.1 Å². The fourth-order valence-corrected chi connectivity index (χ4v) is 0.913. The highest BCUT2D eigenvalue weighted by Gasteiger charge is 1.96. The zero-order chi connectivity index (χ0) is 9.14. The molecular weight excluding hydrogens is 172 g/mol. The molecule has 0 aromatic heterocycles. The number of nitrogens with one attached hydrogen (secondary N) is 1. The second kappa shape index (κ2) is 3.27. The highest BCUT2D eigenvalue weighted by atomic mass is 32.1. The van der Waals surface area contributed by atoms with E-state index in [1.807, 2.05) is 0 Å². The predicted molar refractivity (Wildman–Crippen MR) is 55.7 cm³/mol. The molecule has 0 saturated heterocycles. The summed E-state index contributed by atoms with van der Waals surface area (Å²) in [4.78, 5) is 0. The Balaban J connectivity index is 2.89. The molecule has 5 heteroatoms. The van der Waals surface area contributed by atoms with Crippen LogP contribution in [-0.2, 0) is 0 Å². The molecule has 4 nitrogen and oxygen atoms in total. The summed E-state index contributed by atoms with van der Waals surface area (Å²) in [6.07, 6.45) is 0. The van der Waals surface area contributed by atoms with Gasteiger partial charge in [-0.05, 0) is 30.4 Å². The minimum atomic E-state index is 0.208. The highest BCUT2D eigenvalue weighted by molar-refractivity contribution is 7.80. The molecular formula is C7H10N4S. The van der Waals surface area contributed by atoms with E-state index in [0.29, 0.717) is 11.4 Å². The second-order valence-corrected chi connectivity index (χ2v) is 2.77. The molecule has 0 aliphatic carbocycles. The molecule has 0 unspecified atom stereocenters. The molecule has 0 saturated carbocycles. The minimum absolute atomic E-state index is 0.208. The van der Waals surface area contributed by atoms with Gasteiger partial charge in [0.1, 0.15) is 0 Å². The summed E-state index contributed by atoms with van der Waals surface area (Å²) in [5.41, 5.74) is 18.1. The van der Waals surface area contributed by atoms with Crippen molar-refractivity contribution in [2.45, 2.75) is 0 Å². The summed E-state index contributed by atoms with van der Waals surface area (Å²) < 4.78 is 0. The van der Waals surface area contributed by atoms with Crippen LogP contribution in [0.3, 0.4) is 0 Å². The van der Waals surface area contributed by atoms with Crippen LogP contribution in [0.1, 0.15) is 0 Å². The van der Waals surface area contributed by atoms with Crippen molar-refractivity contribution in [1.82, 2.24) is 0 Å². The minimum Gasteiger partial charge on any atom is -0.397 e. The van der Waals surface area contributed by atoms with Crippen molar-refractivity contribution in [3.63, 3.8) is 0 Å². The molecule has 0 fully saturated rings. The molecule has 0 radical (unpaired) electrons. The fraction of sp³-hybridized carbons (Fsp3) is 0. The molecule has 1 aromatic rings. The largest absolute Gasteiger partial charge is 0.397 e. The van der Waals surface area contributed by atoms with E-state index in [4.69, 9.17) is 17.2 Å². The summed E-state index contributed by atoms with van der Waals surface area (Å²) in [5, 5.41) is 2.95. The number of benzene rings is 1. The van der Waals surface area contributed by atoms with Crippen LogP contribution in [0.2, 0.25) is 0 Å². The van der Waals surface area contributed by atoms with Crippen molar-refractivity contribution in [3.8, 4) is 0 Å². The van der Waals surface area contributed by atoms with Crippen molar-refractivity contribution in [3.05, 3.63) is 18.2 Å². The van der Waals surface area contributed by atoms with Gasteiger partial charge in [0.25, 0.3) is 0 Å². The molecule has 0 heterocycles. The van der Waals surface area contributed by atoms with Crippen molar-refractivity contribution >= 4 is 34.4 Å². The van der Waals surface area contributed by atoms with Gasteiger partial charge in [-0.25, -0.2) is 0 Å². The summed E-state index contributed by atoms with van der Waals surface area (Å²) >= 11 is 4.65. The Hall–Kier alpha value is -1.49. The number of rotatable bonds is 1. The molecule has 7 N–H and O–H groups in total. The Labute approximate surface area is 75.7 Å². The molecule has 0 amide bonds. The molecule has 0 aliphatic heterocycles. The van der Waals surface area contributed by atoms with E-state index >= 15 is 0 Å². The maximum Gasteiger partial charge on any atom is 0.168 e. The lowest BCUT2D eigenvalue weighted by Crippen LogP contribution is -2.18.